The zero-order valence-corrected chi connectivity index (χ0v) is 10.8. The van der Waals surface area contributed by atoms with Crippen LogP contribution in [0.3, 0.4) is 0 Å². The third kappa shape index (κ3) is 3.26. The second kappa shape index (κ2) is 5.60. The molecule has 5 heteroatoms. The summed E-state index contributed by atoms with van der Waals surface area (Å²) in [5.74, 6) is -0.598. The highest BCUT2D eigenvalue weighted by Crippen LogP contribution is 2.20. The predicted octanol–water partition coefficient (Wildman–Crippen LogP) is 3.10. The molecule has 17 heavy (non-hydrogen) atoms. The number of carbonyl (C=O) groups excluding carboxylic acids is 1. The lowest BCUT2D eigenvalue weighted by molar-refractivity contribution is -0.129. The first kappa shape index (κ1) is 12.5. The van der Waals surface area contributed by atoms with E-state index in [2.05, 4.69) is 21.2 Å². The van der Waals surface area contributed by atoms with E-state index < -0.39 is 11.9 Å². The summed E-state index contributed by atoms with van der Waals surface area (Å²) < 4.78 is 19.0. The molecule has 3 nitrogen and oxygen atoms in total. The van der Waals surface area contributed by atoms with E-state index in [9.17, 15) is 9.18 Å². The average molecular weight is 302 g/mol. The van der Waals surface area contributed by atoms with E-state index in [1.165, 1.54) is 6.07 Å². The van der Waals surface area contributed by atoms with Gasteiger partial charge in [0.1, 0.15) is 11.9 Å². The summed E-state index contributed by atoms with van der Waals surface area (Å²) in [5.41, 5.74) is 0.449. The van der Waals surface area contributed by atoms with Crippen molar-refractivity contribution in [2.45, 2.75) is 25.4 Å². The Morgan fingerprint density at radius 3 is 2.94 bits per heavy atom. The Hall–Kier alpha value is -0.940. The molecule has 2 rings (SSSR count). The average Bonchev–Trinajstić information content (AvgIpc) is 2.35. The number of amides is 1. The van der Waals surface area contributed by atoms with Gasteiger partial charge in [-0.05, 0) is 53.4 Å². The fourth-order valence-corrected chi connectivity index (χ4v) is 1.99. The number of benzene rings is 1. The first-order valence-corrected chi connectivity index (χ1v) is 6.33. The Morgan fingerprint density at radius 1 is 1.47 bits per heavy atom. The van der Waals surface area contributed by atoms with Gasteiger partial charge in [0.25, 0.3) is 5.91 Å². The first-order chi connectivity index (χ1) is 8.16. The topological polar surface area (TPSA) is 38.3 Å². The van der Waals surface area contributed by atoms with E-state index in [1.54, 1.807) is 12.1 Å². The van der Waals surface area contributed by atoms with Crippen LogP contribution in [0.15, 0.2) is 22.7 Å². The number of halogens is 2. The fraction of sp³-hybridized carbons (Fsp3) is 0.417. The molecule has 1 atom stereocenters. The van der Waals surface area contributed by atoms with E-state index in [0.717, 1.165) is 19.3 Å². The molecule has 1 amide bonds. The third-order valence-electron chi connectivity index (χ3n) is 2.66. The molecular weight excluding hydrogens is 289 g/mol. The van der Waals surface area contributed by atoms with E-state index in [1.807, 2.05) is 0 Å². The molecule has 1 fully saturated rings. The quantitative estimate of drug-likeness (QED) is 0.911. The summed E-state index contributed by atoms with van der Waals surface area (Å²) in [7, 11) is 0. The molecule has 1 aliphatic rings. The highest BCUT2D eigenvalue weighted by molar-refractivity contribution is 9.10. The molecule has 0 aliphatic carbocycles. The van der Waals surface area contributed by atoms with E-state index in [4.69, 9.17) is 4.74 Å². The van der Waals surface area contributed by atoms with Crippen molar-refractivity contribution in [2.24, 2.45) is 0 Å². The van der Waals surface area contributed by atoms with Crippen LogP contribution < -0.4 is 5.32 Å². The van der Waals surface area contributed by atoms with Gasteiger partial charge in [-0.1, -0.05) is 0 Å². The molecule has 1 aromatic rings. The molecule has 0 aromatic heterocycles. The van der Waals surface area contributed by atoms with Crippen LogP contribution in [0.25, 0.3) is 0 Å². The third-order valence-corrected chi connectivity index (χ3v) is 3.30. The number of rotatable bonds is 2. The second-order valence-corrected chi connectivity index (χ2v) is 4.83. The van der Waals surface area contributed by atoms with Gasteiger partial charge in [0, 0.05) is 12.3 Å². The standard InChI is InChI=1S/C12H13BrFNO2/c13-9-5-4-8(7-10(9)14)15-12(16)11-3-1-2-6-17-11/h4-5,7,11H,1-3,6H2,(H,15,16). The number of anilines is 1. The number of carbonyl (C=O) groups is 1. The summed E-state index contributed by atoms with van der Waals surface area (Å²) in [6.45, 7) is 0.618. The van der Waals surface area contributed by atoms with E-state index in [-0.39, 0.29) is 5.91 Å². The van der Waals surface area contributed by atoms with Crippen molar-refractivity contribution in [1.29, 1.82) is 0 Å². The van der Waals surface area contributed by atoms with Gasteiger partial charge in [-0.25, -0.2) is 4.39 Å². The maximum Gasteiger partial charge on any atom is 0.253 e. The number of nitrogens with one attached hydrogen (secondary N) is 1. The molecule has 0 bridgehead atoms. The molecular formula is C12H13BrFNO2. The monoisotopic (exact) mass is 301 g/mol. The van der Waals surface area contributed by atoms with Crippen LogP contribution in [0.2, 0.25) is 0 Å². The molecule has 1 N–H and O–H groups in total. The first-order valence-electron chi connectivity index (χ1n) is 5.54. The SMILES string of the molecule is O=C(Nc1ccc(Br)c(F)c1)C1CCCCO1. The summed E-state index contributed by atoms with van der Waals surface area (Å²) in [4.78, 5) is 11.8. The molecule has 0 saturated carbocycles. The van der Waals surface area contributed by atoms with Gasteiger partial charge in [0.15, 0.2) is 0 Å². The molecule has 0 spiro atoms. The normalized spacial score (nSPS) is 20.0. The predicted molar refractivity (Wildman–Crippen MR) is 66.3 cm³/mol. The summed E-state index contributed by atoms with van der Waals surface area (Å²) in [5, 5.41) is 2.65. The van der Waals surface area contributed by atoms with Crippen LogP contribution in [0.5, 0.6) is 0 Å². The molecule has 1 unspecified atom stereocenters. The van der Waals surface area contributed by atoms with Crippen molar-refractivity contribution in [3.63, 3.8) is 0 Å². The van der Waals surface area contributed by atoms with Gasteiger partial charge in [0.05, 0.1) is 4.47 Å². The maximum atomic E-state index is 13.2. The van der Waals surface area contributed by atoms with E-state index >= 15 is 0 Å². The smallest absolute Gasteiger partial charge is 0.253 e. The maximum absolute atomic E-state index is 13.2. The van der Waals surface area contributed by atoms with Crippen molar-refractivity contribution < 1.29 is 13.9 Å². The molecule has 1 aromatic carbocycles. The lowest BCUT2D eigenvalue weighted by Crippen LogP contribution is -2.33. The molecule has 1 saturated heterocycles. The van der Waals surface area contributed by atoms with Gasteiger partial charge in [-0.15, -0.1) is 0 Å². The van der Waals surface area contributed by atoms with Crippen molar-refractivity contribution in [3.05, 3.63) is 28.5 Å². The Balaban J connectivity index is 1.99. The minimum Gasteiger partial charge on any atom is -0.368 e. The number of hydrogen-bond acceptors (Lipinski definition) is 2. The summed E-state index contributed by atoms with van der Waals surface area (Å²) in [6.07, 6.45) is 2.31. The van der Waals surface area contributed by atoms with Crippen molar-refractivity contribution in [2.75, 3.05) is 11.9 Å². The van der Waals surface area contributed by atoms with Crippen molar-refractivity contribution >= 4 is 27.5 Å². The van der Waals surface area contributed by atoms with Gasteiger partial charge < -0.3 is 10.1 Å². The highest BCUT2D eigenvalue weighted by atomic mass is 79.9. The van der Waals surface area contributed by atoms with Crippen LogP contribution >= 0.6 is 15.9 Å². The molecule has 0 radical (unpaired) electrons. The fourth-order valence-electron chi connectivity index (χ4n) is 1.74. The zero-order chi connectivity index (χ0) is 12.3. The highest BCUT2D eigenvalue weighted by Gasteiger charge is 2.21. The Labute approximate surface area is 107 Å². The number of ether oxygens (including phenoxy) is 1. The molecule has 1 heterocycles. The van der Waals surface area contributed by atoms with E-state index in [0.29, 0.717) is 16.8 Å². The van der Waals surface area contributed by atoms with Crippen LogP contribution in [-0.4, -0.2) is 18.6 Å². The van der Waals surface area contributed by atoms with Crippen LogP contribution in [0, 0.1) is 5.82 Å². The largest absolute Gasteiger partial charge is 0.368 e. The molecule has 1 aliphatic heterocycles. The van der Waals surface area contributed by atoms with Crippen LogP contribution in [0.4, 0.5) is 10.1 Å². The Morgan fingerprint density at radius 2 is 2.29 bits per heavy atom. The van der Waals surface area contributed by atoms with Gasteiger partial charge >= 0.3 is 0 Å². The lowest BCUT2D eigenvalue weighted by atomic mass is 10.1. The van der Waals surface area contributed by atoms with Gasteiger partial charge in [0.2, 0.25) is 0 Å². The minimum atomic E-state index is -0.407. The van der Waals surface area contributed by atoms with Crippen LogP contribution in [-0.2, 0) is 9.53 Å². The van der Waals surface area contributed by atoms with Gasteiger partial charge in [-0.2, -0.15) is 0 Å². The summed E-state index contributed by atoms with van der Waals surface area (Å²) >= 11 is 3.06. The zero-order valence-electron chi connectivity index (χ0n) is 9.21. The van der Waals surface area contributed by atoms with Crippen molar-refractivity contribution in [1.82, 2.24) is 0 Å². The Bertz CT molecular complexity index is 419. The lowest BCUT2D eigenvalue weighted by Gasteiger charge is -2.21. The molecule has 92 valence electrons. The van der Waals surface area contributed by atoms with Crippen molar-refractivity contribution in [3.8, 4) is 0 Å². The number of hydrogen-bond donors (Lipinski definition) is 1. The Kier molecular flexibility index (Phi) is 4.12. The van der Waals surface area contributed by atoms with Gasteiger partial charge in [-0.3, -0.25) is 4.79 Å². The minimum absolute atomic E-state index is 0.202. The second-order valence-electron chi connectivity index (χ2n) is 3.97. The summed E-state index contributed by atoms with van der Waals surface area (Å²) in [6, 6.07) is 4.49. The van der Waals surface area contributed by atoms with Crippen LogP contribution in [0.1, 0.15) is 19.3 Å².